The first-order valence-corrected chi connectivity index (χ1v) is 9.78. The quantitative estimate of drug-likeness (QED) is 0.741. The van der Waals surface area contributed by atoms with Crippen LogP contribution in [0.2, 0.25) is 0 Å². The minimum Gasteiger partial charge on any atom is -0.326 e. The molecule has 2 aromatic carbocycles. The molecule has 138 valence electrons. The van der Waals surface area contributed by atoms with Gasteiger partial charge in [-0.3, -0.25) is 9.59 Å². The van der Waals surface area contributed by atoms with E-state index in [1.807, 2.05) is 57.2 Å². The van der Waals surface area contributed by atoms with Crippen LogP contribution in [0.25, 0.3) is 10.2 Å². The van der Waals surface area contributed by atoms with Crippen LogP contribution in [-0.2, 0) is 9.59 Å². The van der Waals surface area contributed by atoms with E-state index in [-0.39, 0.29) is 24.2 Å². The third kappa shape index (κ3) is 3.32. The smallest absolute Gasteiger partial charge is 0.229 e. The Labute approximate surface area is 162 Å². The van der Waals surface area contributed by atoms with E-state index in [1.54, 1.807) is 16.2 Å². The van der Waals surface area contributed by atoms with Gasteiger partial charge in [0.2, 0.25) is 11.8 Å². The van der Waals surface area contributed by atoms with Crippen molar-refractivity contribution in [1.82, 2.24) is 4.98 Å². The number of nitrogens with zero attached hydrogens (tertiary/aromatic N) is 2. The van der Waals surface area contributed by atoms with E-state index in [2.05, 4.69) is 10.3 Å². The molecule has 0 spiro atoms. The molecule has 5 nitrogen and oxygen atoms in total. The van der Waals surface area contributed by atoms with Crippen LogP contribution in [0.5, 0.6) is 0 Å². The maximum atomic E-state index is 12.7. The maximum Gasteiger partial charge on any atom is 0.229 e. The average molecular weight is 379 g/mol. The standard InChI is InChI=1S/C21H21N3O2S/c1-12-5-4-6-17(13(12)2)23-21(26)15-9-20(25)24(11-15)16-7-8-19-18(10-16)22-14(3)27-19/h4-8,10,15H,9,11H2,1-3H3,(H,23,26). The van der Waals surface area contributed by atoms with Gasteiger partial charge in [-0.25, -0.2) is 4.98 Å². The summed E-state index contributed by atoms with van der Waals surface area (Å²) >= 11 is 1.63. The van der Waals surface area contributed by atoms with Crippen molar-refractivity contribution in [3.8, 4) is 0 Å². The fourth-order valence-electron chi connectivity index (χ4n) is 3.45. The monoisotopic (exact) mass is 379 g/mol. The predicted molar refractivity (Wildman–Crippen MR) is 109 cm³/mol. The van der Waals surface area contributed by atoms with Gasteiger partial charge in [-0.15, -0.1) is 11.3 Å². The molecule has 0 aliphatic carbocycles. The van der Waals surface area contributed by atoms with Crippen LogP contribution in [0.4, 0.5) is 11.4 Å². The normalized spacial score (nSPS) is 16.9. The summed E-state index contributed by atoms with van der Waals surface area (Å²) in [6.07, 6.45) is 0.227. The van der Waals surface area contributed by atoms with Crippen LogP contribution in [-0.4, -0.2) is 23.3 Å². The fraction of sp³-hybridized carbons (Fsp3) is 0.286. The number of anilines is 2. The van der Waals surface area contributed by atoms with Crippen molar-refractivity contribution < 1.29 is 9.59 Å². The first kappa shape index (κ1) is 17.7. The van der Waals surface area contributed by atoms with Crippen LogP contribution in [0.15, 0.2) is 36.4 Å². The van der Waals surface area contributed by atoms with Gasteiger partial charge in [-0.05, 0) is 56.2 Å². The van der Waals surface area contributed by atoms with E-state index in [4.69, 9.17) is 0 Å². The lowest BCUT2D eigenvalue weighted by Crippen LogP contribution is -2.28. The lowest BCUT2D eigenvalue weighted by Gasteiger charge is -2.17. The number of aromatic nitrogens is 1. The Bertz CT molecular complexity index is 1060. The van der Waals surface area contributed by atoms with Gasteiger partial charge < -0.3 is 10.2 Å². The number of rotatable bonds is 3. The van der Waals surface area contributed by atoms with Crippen molar-refractivity contribution in [2.45, 2.75) is 27.2 Å². The molecule has 2 heterocycles. The summed E-state index contributed by atoms with van der Waals surface area (Å²) in [6.45, 7) is 6.37. The summed E-state index contributed by atoms with van der Waals surface area (Å²) in [7, 11) is 0. The van der Waals surface area contributed by atoms with Gasteiger partial charge >= 0.3 is 0 Å². The molecular weight excluding hydrogens is 358 g/mol. The van der Waals surface area contributed by atoms with Gasteiger partial charge in [0.1, 0.15) is 0 Å². The van der Waals surface area contributed by atoms with Crippen LogP contribution < -0.4 is 10.2 Å². The zero-order valence-electron chi connectivity index (χ0n) is 15.6. The summed E-state index contributed by atoms with van der Waals surface area (Å²) in [5, 5.41) is 3.99. The van der Waals surface area contributed by atoms with Gasteiger partial charge in [0.05, 0.1) is 21.1 Å². The molecule has 1 aromatic heterocycles. The predicted octanol–water partition coefficient (Wildman–Crippen LogP) is 4.21. The van der Waals surface area contributed by atoms with Gasteiger partial charge in [-0.2, -0.15) is 0 Å². The Balaban J connectivity index is 1.52. The highest BCUT2D eigenvalue weighted by Crippen LogP contribution is 2.31. The van der Waals surface area contributed by atoms with Crippen LogP contribution >= 0.6 is 11.3 Å². The van der Waals surface area contributed by atoms with E-state index >= 15 is 0 Å². The highest BCUT2D eigenvalue weighted by molar-refractivity contribution is 7.18. The number of hydrogen-bond donors (Lipinski definition) is 1. The number of amides is 2. The molecule has 0 bridgehead atoms. The molecule has 1 unspecified atom stereocenters. The first-order chi connectivity index (χ1) is 12.9. The largest absolute Gasteiger partial charge is 0.326 e. The summed E-state index contributed by atoms with van der Waals surface area (Å²) in [4.78, 5) is 31.4. The molecule has 1 fully saturated rings. The number of carbonyl (C=O) groups excluding carboxylic acids is 2. The van der Waals surface area contributed by atoms with Gasteiger partial charge in [0.15, 0.2) is 0 Å². The molecule has 1 atom stereocenters. The zero-order valence-corrected chi connectivity index (χ0v) is 16.4. The van der Waals surface area contributed by atoms with E-state index in [1.165, 1.54) is 0 Å². The van der Waals surface area contributed by atoms with Gasteiger partial charge in [0.25, 0.3) is 0 Å². The molecule has 0 saturated carbocycles. The second-order valence-corrected chi connectivity index (χ2v) is 8.26. The van der Waals surface area contributed by atoms with Crippen molar-refractivity contribution in [2.24, 2.45) is 5.92 Å². The van der Waals surface area contributed by atoms with Crippen molar-refractivity contribution in [1.29, 1.82) is 0 Å². The Hall–Kier alpha value is -2.73. The number of aryl methyl sites for hydroxylation is 2. The molecule has 1 N–H and O–H groups in total. The summed E-state index contributed by atoms with van der Waals surface area (Å²) < 4.78 is 1.10. The first-order valence-electron chi connectivity index (χ1n) is 8.97. The van der Waals surface area contributed by atoms with Crippen molar-refractivity contribution in [3.05, 3.63) is 52.5 Å². The molecule has 3 aromatic rings. The third-order valence-electron chi connectivity index (χ3n) is 5.15. The second kappa shape index (κ2) is 6.78. The number of thiazole rings is 1. The second-order valence-electron chi connectivity index (χ2n) is 7.03. The van der Waals surface area contributed by atoms with Crippen LogP contribution in [0, 0.1) is 26.7 Å². The zero-order chi connectivity index (χ0) is 19.1. The Morgan fingerprint density at radius 1 is 1.22 bits per heavy atom. The molecule has 6 heteroatoms. The van der Waals surface area contributed by atoms with E-state index < -0.39 is 0 Å². The number of benzene rings is 2. The maximum absolute atomic E-state index is 12.7. The Kier molecular flexibility index (Phi) is 4.44. The third-order valence-corrected chi connectivity index (χ3v) is 6.10. The molecular formula is C21H21N3O2S. The number of nitrogens with one attached hydrogen (secondary N) is 1. The molecule has 27 heavy (non-hydrogen) atoms. The van der Waals surface area contributed by atoms with Crippen molar-refractivity contribution in [3.63, 3.8) is 0 Å². The topological polar surface area (TPSA) is 62.3 Å². The summed E-state index contributed by atoms with van der Waals surface area (Å²) in [5.41, 5.74) is 4.69. The lowest BCUT2D eigenvalue weighted by atomic mass is 10.1. The van der Waals surface area contributed by atoms with E-state index in [0.29, 0.717) is 6.54 Å². The SMILES string of the molecule is Cc1nc2cc(N3CC(C(=O)Nc4cccc(C)c4C)CC3=O)ccc2s1. The lowest BCUT2D eigenvalue weighted by molar-refractivity contribution is -0.122. The van der Waals surface area contributed by atoms with Crippen molar-refractivity contribution in [2.75, 3.05) is 16.8 Å². The Morgan fingerprint density at radius 3 is 2.85 bits per heavy atom. The molecule has 1 saturated heterocycles. The van der Waals surface area contributed by atoms with Crippen LogP contribution in [0.3, 0.4) is 0 Å². The average Bonchev–Trinajstić information content (AvgIpc) is 3.20. The minimum atomic E-state index is -0.356. The molecule has 2 amide bonds. The molecule has 1 aliphatic heterocycles. The number of hydrogen-bond acceptors (Lipinski definition) is 4. The van der Waals surface area contributed by atoms with Gasteiger partial charge in [0, 0.05) is 24.3 Å². The fourth-order valence-corrected chi connectivity index (χ4v) is 4.26. The van der Waals surface area contributed by atoms with Crippen LogP contribution in [0.1, 0.15) is 22.6 Å². The van der Waals surface area contributed by atoms with E-state index in [9.17, 15) is 9.59 Å². The van der Waals surface area contributed by atoms with E-state index in [0.717, 1.165) is 37.7 Å². The highest BCUT2D eigenvalue weighted by Gasteiger charge is 2.35. The summed E-state index contributed by atoms with van der Waals surface area (Å²) in [5.74, 6) is -0.488. The molecule has 4 rings (SSSR count). The Morgan fingerprint density at radius 2 is 2.04 bits per heavy atom. The highest BCUT2D eigenvalue weighted by atomic mass is 32.1. The molecule has 1 aliphatic rings. The van der Waals surface area contributed by atoms with Crippen molar-refractivity contribution >= 4 is 44.7 Å². The number of fused-ring (bicyclic) bond motifs is 1. The molecule has 0 radical (unpaired) electrons. The van der Waals surface area contributed by atoms with Gasteiger partial charge in [-0.1, -0.05) is 12.1 Å². The summed E-state index contributed by atoms with van der Waals surface area (Å²) in [6, 6.07) is 11.7. The minimum absolute atomic E-state index is 0.0255. The number of carbonyl (C=O) groups is 2.